The van der Waals surface area contributed by atoms with Gasteiger partial charge in [0.2, 0.25) is 0 Å². The number of fused-ring (bicyclic) bond motifs is 3. The molecular formula is C18H25NO3. The van der Waals surface area contributed by atoms with Crippen LogP contribution in [0.5, 0.6) is 0 Å². The summed E-state index contributed by atoms with van der Waals surface area (Å²) in [5.41, 5.74) is 0.709. The van der Waals surface area contributed by atoms with Crippen LogP contribution in [-0.4, -0.2) is 24.9 Å². The van der Waals surface area contributed by atoms with Gasteiger partial charge < -0.3 is 9.47 Å². The fraction of sp³-hybridized carbons (Fsp3) is 0.611. The van der Waals surface area contributed by atoms with Gasteiger partial charge >= 0.3 is 6.09 Å². The zero-order valence-electron chi connectivity index (χ0n) is 13.6. The lowest BCUT2D eigenvalue weighted by atomic mass is 9.56. The molecule has 120 valence electrons. The van der Waals surface area contributed by atoms with Crippen LogP contribution in [0.2, 0.25) is 0 Å². The SMILES string of the molecule is C[C@@H]1CC2(C)C[C@H](C)C1(COC(=O)Nc1ccccc1)CO2. The van der Waals surface area contributed by atoms with Crippen molar-refractivity contribution in [3.8, 4) is 0 Å². The van der Waals surface area contributed by atoms with Crippen LogP contribution in [0.4, 0.5) is 10.5 Å². The van der Waals surface area contributed by atoms with Crippen molar-refractivity contribution in [2.45, 2.75) is 39.2 Å². The number of nitrogens with one attached hydrogen (secondary N) is 1. The molecule has 1 N–H and O–H groups in total. The van der Waals surface area contributed by atoms with E-state index >= 15 is 0 Å². The third-order valence-corrected chi connectivity index (χ3v) is 5.62. The summed E-state index contributed by atoms with van der Waals surface area (Å²) in [4.78, 5) is 12.0. The first-order valence-corrected chi connectivity index (χ1v) is 8.06. The van der Waals surface area contributed by atoms with E-state index in [0.717, 1.165) is 18.5 Å². The van der Waals surface area contributed by atoms with Crippen LogP contribution >= 0.6 is 0 Å². The number of para-hydroxylation sites is 1. The molecule has 1 saturated carbocycles. The van der Waals surface area contributed by atoms with Crippen molar-refractivity contribution in [1.29, 1.82) is 0 Å². The van der Waals surface area contributed by atoms with Crippen molar-refractivity contribution in [2.24, 2.45) is 17.3 Å². The van der Waals surface area contributed by atoms with E-state index in [0.29, 0.717) is 25.0 Å². The molecular weight excluding hydrogens is 278 g/mol. The number of anilines is 1. The average molecular weight is 303 g/mol. The highest BCUT2D eigenvalue weighted by molar-refractivity contribution is 5.84. The zero-order valence-corrected chi connectivity index (χ0v) is 13.6. The maximum atomic E-state index is 12.0. The number of ether oxygens (including phenoxy) is 2. The Balaban J connectivity index is 1.62. The molecule has 2 saturated heterocycles. The lowest BCUT2D eigenvalue weighted by molar-refractivity contribution is -0.235. The van der Waals surface area contributed by atoms with Crippen LogP contribution in [0, 0.1) is 17.3 Å². The first kappa shape index (κ1) is 15.3. The molecule has 1 aromatic carbocycles. The van der Waals surface area contributed by atoms with Gasteiger partial charge in [-0.05, 0) is 43.7 Å². The number of carbonyl (C=O) groups is 1. The Hall–Kier alpha value is -1.55. The molecule has 2 bridgehead atoms. The molecule has 2 heterocycles. The van der Waals surface area contributed by atoms with Crippen molar-refractivity contribution in [3.63, 3.8) is 0 Å². The highest BCUT2D eigenvalue weighted by Crippen LogP contribution is 2.55. The Labute approximate surface area is 132 Å². The molecule has 4 heteroatoms. The van der Waals surface area contributed by atoms with Crippen molar-refractivity contribution < 1.29 is 14.3 Å². The standard InChI is InChI=1S/C18H25NO3/c1-13-9-17(3)10-14(2)18(13,12-22-17)11-21-16(20)19-15-7-5-4-6-8-15/h4-8,13-14H,9-12H2,1-3H3,(H,19,20)/t13-,14+,17?,18?. The van der Waals surface area contributed by atoms with Gasteiger partial charge in [-0.3, -0.25) is 5.32 Å². The van der Waals surface area contributed by atoms with Crippen molar-refractivity contribution >= 4 is 11.8 Å². The maximum Gasteiger partial charge on any atom is 0.411 e. The third kappa shape index (κ3) is 2.72. The number of benzene rings is 1. The van der Waals surface area contributed by atoms with E-state index in [1.807, 2.05) is 30.3 Å². The van der Waals surface area contributed by atoms with Crippen LogP contribution in [0.25, 0.3) is 0 Å². The molecule has 1 amide bonds. The second kappa shape index (κ2) is 5.58. The highest BCUT2D eigenvalue weighted by Gasteiger charge is 2.56. The molecule has 3 aliphatic rings. The van der Waals surface area contributed by atoms with Crippen LogP contribution < -0.4 is 5.32 Å². The van der Waals surface area contributed by atoms with Crippen molar-refractivity contribution in [3.05, 3.63) is 30.3 Å². The Morgan fingerprint density at radius 1 is 1.27 bits per heavy atom. The van der Waals surface area contributed by atoms with E-state index in [-0.39, 0.29) is 17.1 Å². The minimum atomic E-state index is -0.390. The van der Waals surface area contributed by atoms with Crippen LogP contribution in [0.15, 0.2) is 30.3 Å². The molecule has 2 unspecified atom stereocenters. The van der Waals surface area contributed by atoms with Gasteiger partial charge in [0.25, 0.3) is 0 Å². The highest BCUT2D eigenvalue weighted by atomic mass is 16.6. The minimum Gasteiger partial charge on any atom is -0.449 e. The topological polar surface area (TPSA) is 47.6 Å². The Morgan fingerprint density at radius 3 is 2.50 bits per heavy atom. The van der Waals surface area contributed by atoms with Gasteiger partial charge in [-0.15, -0.1) is 0 Å². The van der Waals surface area contributed by atoms with Crippen LogP contribution in [0.1, 0.15) is 33.6 Å². The summed E-state index contributed by atoms with van der Waals surface area (Å²) in [6.45, 7) is 7.82. The largest absolute Gasteiger partial charge is 0.449 e. The summed E-state index contributed by atoms with van der Waals surface area (Å²) in [6, 6.07) is 9.38. The summed E-state index contributed by atoms with van der Waals surface area (Å²) < 4.78 is 11.6. The molecule has 0 aromatic heterocycles. The third-order valence-electron chi connectivity index (χ3n) is 5.62. The van der Waals surface area contributed by atoms with Crippen LogP contribution in [-0.2, 0) is 9.47 Å². The van der Waals surface area contributed by atoms with E-state index in [1.54, 1.807) is 0 Å². The fourth-order valence-corrected chi connectivity index (χ4v) is 4.18. The lowest BCUT2D eigenvalue weighted by Gasteiger charge is -2.58. The summed E-state index contributed by atoms with van der Waals surface area (Å²) in [5, 5.41) is 2.77. The quantitative estimate of drug-likeness (QED) is 0.915. The summed E-state index contributed by atoms with van der Waals surface area (Å²) in [5.74, 6) is 0.999. The molecule has 0 radical (unpaired) electrons. The number of hydrogen-bond donors (Lipinski definition) is 1. The minimum absolute atomic E-state index is 0.00683. The van der Waals surface area contributed by atoms with E-state index in [4.69, 9.17) is 9.47 Å². The smallest absolute Gasteiger partial charge is 0.411 e. The molecule has 3 fully saturated rings. The van der Waals surface area contributed by atoms with Crippen molar-refractivity contribution in [1.82, 2.24) is 0 Å². The Bertz CT molecular complexity index is 531. The fourth-order valence-electron chi connectivity index (χ4n) is 4.18. The number of hydrogen-bond acceptors (Lipinski definition) is 3. The summed E-state index contributed by atoms with van der Waals surface area (Å²) in [6.07, 6.45) is 1.70. The molecule has 22 heavy (non-hydrogen) atoms. The Kier molecular flexibility index (Phi) is 3.89. The van der Waals surface area contributed by atoms with Gasteiger partial charge in [-0.25, -0.2) is 4.79 Å². The van der Waals surface area contributed by atoms with E-state index in [1.165, 1.54) is 0 Å². The zero-order chi connectivity index (χ0) is 15.8. The molecule has 4 atom stereocenters. The second-order valence-corrected chi connectivity index (χ2v) is 7.25. The van der Waals surface area contributed by atoms with Gasteiger partial charge in [-0.2, -0.15) is 0 Å². The first-order chi connectivity index (χ1) is 10.4. The van der Waals surface area contributed by atoms with Crippen LogP contribution in [0.3, 0.4) is 0 Å². The summed E-state index contributed by atoms with van der Waals surface area (Å²) in [7, 11) is 0. The Morgan fingerprint density at radius 2 is 1.91 bits per heavy atom. The molecule has 1 aliphatic carbocycles. The number of rotatable bonds is 3. The predicted molar refractivity (Wildman–Crippen MR) is 85.8 cm³/mol. The van der Waals surface area contributed by atoms with Gasteiger partial charge in [0.1, 0.15) is 6.61 Å². The van der Waals surface area contributed by atoms with Crippen molar-refractivity contribution in [2.75, 3.05) is 18.5 Å². The van der Waals surface area contributed by atoms with Gasteiger partial charge in [0, 0.05) is 11.1 Å². The molecule has 4 nitrogen and oxygen atoms in total. The molecule has 4 rings (SSSR count). The monoisotopic (exact) mass is 303 g/mol. The van der Waals surface area contributed by atoms with Gasteiger partial charge in [0.05, 0.1) is 12.2 Å². The number of amides is 1. The van der Waals surface area contributed by atoms with E-state index in [2.05, 4.69) is 26.1 Å². The summed E-state index contributed by atoms with van der Waals surface area (Å²) >= 11 is 0. The van der Waals surface area contributed by atoms with Gasteiger partial charge in [-0.1, -0.05) is 32.0 Å². The normalized spacial score (nSPS) is 36.9. The molecule has 0 spiro atoms. The first-order valence-electron chi connectivity index (χ1n) is 8.06. The number of carbonyl (C=O) groups excluding carboxylic acids is 1. The maximum absolute atomic E-state index is 12.0. The van der Waals surface area contributed by atoms with Gasteiger partial charge in [0.15, 0.2) is 0 Å². The molecule has 2 aliphatic heterocycles. The predicted octanol–water partition coefficient (Wildman–Crippen LogP) is 4.08. The van der Waals surface area contributed by atoms with E-state index < -0.39 is 0 Å². The lowest BCUT2D eigenvalue weighted by Crippen LogP contribution is -2.60. The second-order valence-electron chi connectivity index (χ2n) is 7.25. The molecule has 1 aromatic rings. The average Bonchev–Trinajstić information content (AvgIpc) is 2.47. The van der Waals surface area contributed by atoms with E-state index in [9.17, 15) is 4.79 Å².